The van der Waals surface area contributed by atoms with Gasteiger partial charge in [-0.05, 0) is 38.1 Å². The number of carbonyl (C=O) groups excluding carboxylic acids is 1. The summed E-state index contributed by atoms with van der Waals surface area (Å²) in [4.78, 5) is 10.9. The van der Waals surface area contributed by atoms with Crippen molar-refractivity contribution in [2.24, 2.45) is 0 Å². The zero-order valence-electron chi connectivity index (χ0n) is 12.3. The molecule has 124 valence electrons. The number of sulfonamides is 1. The number of hydrogen-bond donors (Lipinski definition) is 3. The summed E-state index contributed by atoms with van der Waals surface area (Å²) in [5.41, 5.74) is 0.962. The second-order valence-corrected chi connectivity index (χ2v) is 6.76. The van der Waals surface area contributed by atoms with Crippen LogP contribution >= 0.6 is 12.4 Å². The Balaban J connectivity index is 0.00000242. The van der Waals surface area contributed by atoms with Crippen LogP contribution in [0.4, 0.5) is 10.1 Å². The standard InChI is InChI=1S/C13H18FN3O3S.ClH/c1-8(15-2)7-16-21(19,20)12-5-9-3-4-13(18)17-11(9)6-10(12)14;/h5-6,8,15-16H,3-4,7H2,1-2H3,(H,17,18);1H. The van der Waals surface area contributed by atoms with E-state index in [1.54, 1.807) is 14.0 Å². The summed E-state index contributed by atoms with van der Waals surface area (Å²) in [7, 11) is -2.21. The number of anilines is 1. The van der Waals surface area contributed by atoms with Crippen LogP contribution in [0.2, 0.25) is 0 Å². The molecule has 1 unspecified atom stereocenters. The van der Waals surface area contributed by atoms with Gasteiger partial charge in [-0.2, -0.15) is 0 Å². The van der Waals surface area contributed by atoms with Crippen molar-refractivity contribution >= 4 is 34.0 Å². The van der Waals surface area contributed by atoms with Crippen molar-refractivity contribution in [3.63, 3.8) is 0 Å². The van der Waals surface area contributed by atoms with Crippen molar-refractivity contribution in [1.29, 1.82) is 0 Å². The normalized spacial score (nSPS) is 15.5. The summed E-state index contributed by atoms with van der Waals surface area (Å²) < 4.78 is 40.7. The maximum atomic E-state index is 14.0. The highest BCUT2D eigenvalue weighted by atomic mass is 35.5. The number of amides is 1. The zero-order valence-corrected chi connectivity index (χ0v) is 13.9. The van der Waals surface area contributed by atoms with Gasteiger partial charge in [-0.15, -0.1) is 12.4 Å². The Labute approximate surface area is 135 Å². The van der Waals surface area contributed by atoms with Gasteiger partial charge in [-0.25, -0.2) is 17.5 Å². The van der Waals surface area contributed by atoms with E-state index in [2.05, 4.69) is 15.4 Å². The number of aryl methyl sites for hydroxylation is 1. The van der Waals surface area contributed by atoms with Gasteiger partial charge in [-0.3, -0.25) is 4.79 Å². The Morgan fingerprint density at radius 2 is 2.05 bits per heavy atom. The van der Waals surface area contributed by atoms with E-state index in [9.17, 15) is 17.6 Å². The fourth-order valence-electron chi connectivity index (χ4n) is 2.00. The molecule has 0 aliphatic carbocycles. The number of hydrogen-bond acceptors (Lipinski definition) is 4. The number of rotatable bonds is 5. The Kier molecular flexibility index (Phi) is 6.30. The number of likely N-dealkylation sites (N-methyl/N-ethyl adjacent to an activating group) is 1. The molecule has 0 bridgehead atoms. The lowest BCUT2D eigenvalue weighted by atomic mass is 10.0. The molecular formula is C13H19ClFN3O3S. The summed E-state index contributed by atoms with van der Waals surface area (Å²) >= 11 is 0. The van der Waals surface area contributed by atoms with Crippen LogP contribution < -0.4 is 15.4 Å². The molecule has 1 atom stereocenters. The summed E-state index contributed by atoms with van der Waals surface area (Å²) in [5.74, 6) is -1.07. The van der Waals surface area contributed by atoms with Crippen LogP contribution in [0.15, 0.2) is 17.0 Å². The Bertz CT molecular complexity index is 667. The summed E-state index contributed by atoms with van der Waals surface area (Å²) in [6.45, 7) is 1.97. The van der Waals surface area contributed by atoms with E-state index in [-0.39, 0.29) is 42.2 Å². The molecule has 2 rings (SSSR count). The first-order valence-electron chi connectivity index (χ1n) is 6.62. The largest absolute Gasteiger partial charge is 0.326 e. The van der Waals surface area contributed by atoms with Crippen molar-refractivity contribution < 1.29 is 17.6 Å². The Morgan fingerprint density at radius 1 is 1.36 bits per heavy atom. The molecule has 22 heavy (non-hydrogen) atoms. The molecular weight excluding hydrogens is 333 g/mol. The van der Waals surface area contributed by atoms with Gasteiger partial charge in [0.05, 0.1) is 0 Å². The van der Waals surface area contributed by atoms with Crippen molar-refractivity contribution in [2.45, 2.75) is 30.7 Å². The van der Waals surface area contributed by atoms with Gasteiger partial charge in [0, 0.05) is 24.7 Å². The van der Waals surface area contributed by atoms with Gasteiger partial charge in [-0.1, -0.05) is 0 Å². The molecule has 1 aromatic carbocycles. The maximum Gasteiger partial charge on any atom is 0.243 e. The fourth-order valence-corrected chi connectivity index (χ4v) is 3.24. The second kappa shape index (κ2) is 7.36. The molecule has 1 amide bonds. The second-order valence-electron chi connectivity index (χ2n) is 5.03. The smallest absolute Gasteiger partial charge is 0.243 e. The molecule has 0 radical (unpaired) electrons. The molecule has 3 N–H and O–H groups in total. The lowest BCUT2D eigenvalue weighted by Crippen LogP contribution is -2.37. The summed E-state index contributed by atoms with van der Waals surface area (Å²) in [6, 6.07) is 2.28. The van der Waals surface area contributed by atoms with Crippen LogP contribution in [0.1, 0.15) is 18.9 Å². The third-order valence-electron chi connectivity index (χ3n) is 3.42. The molecule has 0 saturated carbocycles. The van der Waals surface area contributed by atoms with Crippen molar-refractivity contribution in [2.75, 3.05) is 18.9 Å². The molecule has 6 nitrogen and oxygen atoms in total. The molecule has 0 fully saturated rings. The van der Waals surface area contributed by atoms with E-state index in [1.807, 2.05) is 0 Å². The molecule has 9 heteroatoms. The number of fused-ring (bicyclic) bond motifs is 1. The summed E-state index contributed by atoms with van der Waals surface area (Å²) in [5, 5.41) is 5.42. The number of carbonyl (C=O) groups is 1. The third kappa shape index (κ3) is 4.16. The highest BCUT2D eigenvalue weighted by Crippen LogP contribution is 2.27. The van der Waals surface area contributed by atoms with Gasteiger partial charge in [0.1, 0.15) is 10.7 Å². The van der Waals surface area contributed by atoms with Crippen LogP contribution in [0.3, 0.4) is 0 Å². The quantitative estimate of drug-likeness (QED) is 0.739. The average Bonchev–Trinajstić information content (AvgIpc) is 2.43. The predicted octanol–water partition coefficient (Wildman–Crippen LogP) is 1.02. The third-order valence-corrected chi connectivity index (χ3v) is 4.85. The maximum absolute atomic E-state index is 14.0. The zero-order chi connectivity index (χ0) is 15.6. The van der Waals surface area contributed by atoms with E-state index in [4.69, 9.17) is 0 Å². The van der Waals surface area contributed by atoms with Gasteiger partial charge in [0.25, 0.3) is 0 Å². The number of benzene rings is 1. The van der Waals surface area contributed by atoms with Crippen LogP contribution in [0.25, 0.3) is 0 Å². The van der Waals surface area contributed by atoms with Crippen LogP contribution in [-0.2, 0) is 21.2 Å². The topological polar surface area (TPSA) is 87.3 Å². The molecule has 1 aromatic rings. The molecule has 0 spiro atoms. The molecule has 0 saturated heterocycles. The highest BCUT2D eigenvalue weighted by molar-refractivity contribution is 7.89. The summed E-state index contributed by atoms with van der Waals surface area (Å²) in [6.07, 6.45) is 0.666. The fraction of sp³-hybridized carbons (Fsp3) is 0.462. The Hall–Kier alpha value is -1.22. The molecule has 1 aliphatic rings. The van der Waals surface area contributed by atoms with Gasteiger partial charge < -0.3 is 10.6 Å². The van der Waals surface area contributed by atoms with Crippen molar-refractivity contribution in [3.8, 4) is 0 Å². The van der Waals surface area contributed by atoms with Gasteiger partial charge in [0.15, 0.2) is 0 Å². The van der Waals surface area contributed by atoms with Crippen LogP contribution in [-0.4, -0.2) is 34.0 Å². The Morgan fingerprint density at radius 3 is 2.68 bits per heavy atom. The predicted molar refractivity (Wildman–Crippen MR) is 84.3 cm³/mol. The lowest BCUT2D eigenvalue weighted by molar-refractivity contribution is -0.116. The van der Waals surface area contributed by atoms with Crippen LogP contribution in [0, 0.1) is 5.82 Å². The molecule has 1 heterocycles. The minimum atomic E-state index is -3.92. The van der Waals surface area contributed by atoms with Crippen molar-refractivity contribution in [3.05, 3.63) is 23.5 Å². The minimum absolute atomic E-state index is 0. The van der Waals surface area contributed by atoms with E-state index < -0.39 is 15.8 Å². The molecule has 1 aliphatic heterocycles. The van der Waals surface area contributed by atoms with Gasteiger partial charge in [0.2, 0.25) is 15.9 Å². The first kappa shape index (κ1) is 18.8. The first-order valence-corrected chi connectivity index (χ1v) is 8.11. The van der Waals surface area contributed by atoms with E-state index >= 15 is 0 Å². The molecule has 0 aromatic heterocycles. The first-order chi connectivity index (χ1) is 9.83. The van der Waals surface area contributed by atoms with Crippen molar-refractivity contribution in [1.82, 2.24) is 10.0 Å². The number of nitrogens with one attached hydrogen (secondary N) is 3. The van der Waals surface area contributed by atoms with E-state index in [0.29, 0.717) is 17.7 Å². The SMILES string of the molecule is CNC(C)CNS(=O)(=O)c1cc2c(cc1F)NC(=O)CC2.Cl. The highest BCUT2D eigenvalue weighted by Gasteiger charge is 2.24. The lowest BCUT2D eigenvalue weighted by Gasteiger charge is -2.19. The monoisotopic (exact) mass is 351 g/mol. The average molecular weight is 352 g/mol. The van der Waals surface area contributed by atoms with E-state index in [0.717, 1.165) is 6.07 Å². The van der Waals surface area contributed by atoms with E-state index in [1.165, 1.54) is 6.07 Å². The van der Waals surface area contributed by atoms with Crippen LogP contribution in [0.5, 0.6) is 0 Å². The van der Waals surface area contributed by atoms with Gasteiger partial charge >= 0.3 is 0 Å². The number of halogens is 2. The minimum Gasteiger partial charge on any atom is -0.326 e.